The van der Waals surface area contributed by atoms with Crippen molar-refractivity contribution in [3.63, 3.8) is 0 Å². The van der Waals surface area contributed by atoms with Gasteiger partial charge in [0.2, 0.25) is 0 Å². The Kier molecular flexibility index (Phi) is 3.04. The van der Waals surface area contributed by atoms with Crippen molar-refractivity contribution in [1.29, 1.82) is 0 Å². The van der Waals surface area contributed by atoms with Gasteiger partial charge in [-0.05, 0) is 43.3 Å². The summed E-state index contributed by atoms with van der Waals surface area (Å²) in [5, 5.41) is 4.64. The standard InChI is InChI=1S/C14H22N4S/c1-4-6-10-11-12(17(3)16-10)18(13(19)15-11)9-14(5-2)7-8-14/h4-9H2,1-3H3,(H,15,19). The zero-order chi connectivity index (χ0) is 13.6. The zero-order valence-electron chi connectivity index (χ0n) is 12.0. The Hall–Kier alpha value is -1.10. The molecule has 0 amide bonds. The highest BCUT2D eigenvalue weighted by molar-refractivity contribution is 7.71. The summed E-state index contributed by atoms with van der Waals surface area (Å²) in [6.07, 6.45) is 6.01. The Balaban J connectivity index is 2.09. The molecule has 3 rings (SSSR count). The average molecular weight is 278 g/mol. The molecule has 2 aromatic rings. The lowest BCUT2D eigenvalue weighted by molar-refractivity contribution is 0.409. The summed E-state index contributed by atoms with van der Waals surface area (Å²) in [4.78, 5) is 3.37. The molecule has 0 atom stereocenters. The number of nitrogens with zero attached hydrogens (tertiary/aromatic N) is 3. The Bertz CT molecular complexity index is 657. The Morgan fingerprint density at radius 1 is 1.37 bits per heavy atom. The van der Waals surface area contributed by atoms with Gasteiger partial charge in [0.25, 0.3) is 0 Å². The minimum Gasteiger partial charge on any atom is -0.328 e. The predicted molar refractivity (Wildman–Crippen MR) is 79.8 cm³/mol. The fourth-order valence-corrected chi connectivity index (χ4v) is 3.22. The minimum absolute atomic E-state index is 0.489. The summed E-state index contributed by atoms with van der Waals surface area (Å²) < 4.78 is 5.09. The molecule has 0 aromatic carbocycles. The van der Waals surface area contributed by atoms with Gasteiger partial charge < -0.3 is 9.55 Å². The van der Waals surface area contributed by atoms with E-state index >= 15 is 0 Å². The number of aromatic amines is 1. The largest absolute Gasteiger partial charge is 0.328 e. The van der Waals surface area contributed by atoms with E-state index in [4.69, 9.17) is 12.2 Å². The highest BCUT2D eigenvalue weighted by Crippen LogP contribution is 2.50. The van der Waals surface area contributed by atoms with Gasteiger partial charge in [0.1, 0.15) is 5.52 Å². The maximum atomic E-state index is 5.52. The van der Waals surface area contributed by atoms with Crippen LogP contribution in [0, 0.1) is 10.2 Å². The molecule has 0 bridgehead atoms. The molecule has 4 nitrogen and oxygen atoms in total. The third-order valence-electron chi connectivity index (χ3n) is 4.51. The van der Waals surface area contributed by atoms with E-state index < -0.39 is 0 Å². The molecule has 0 radical (unpaired) electrons. The smallest absolute Gasteiger partial charge is 0.179 e. The number of imidazole rings is 1. The number of hydrogen-bond acceptors (Lipinski definition) is 2. The van der Waals surface area contributed by atoms with Gasteiger partial charge in [0, 0.05) is 13.6 Å². The van der Waals surface area contributed by atoms with Crippen molar-refractivity contribution in [2.75, 3.05) is 0 Å². The van der Waals surface area contributed by atoms with Crippen LogP contribution in [-0.2, 0) is 20.0 Å². The molecule has 104 valence electrons. The van der Waals surface area contributed by atoms with Crippen LogP contribution in [0.4, 0.5) is 0 Å². The summed E-state index contributed by atoms with van der Waals surface area (Å²) >= 11 is 5.52. The summed E-state index contributed by atoms with van der Waals surface area (Å²) in [6, 6.07) is 0. The Morgan fingerprint density at radius 2 is 2.11 bits per heavy atom. The van der Waals surface area contributed by atoms with Crippen LogP contribution in [-0.4, -0.2) is 19.3 Å². The van der Waals surface area contributed by atoms with Crippen molar-refractivity contribution in [3.05, 3.63) is 10.5 Å². The molecule has 5 heteroatoms. The molecule has 0 saturated heterocycles. The highest BCUT2D eigenvalue weighted by Gasteiger charge is 2.41. The third kappa shape index (κ3) is 2.04. The van der Waals surface area contributed by atoms with Crippen LogP contribution in [0.3, 0.4) is 0 Å². The van der Waals surface area contributed by atoms with Crippen LogP contribution in [0.25, 0.3) is 11.2 Å². The van der Waals surface area contributed by atoms with Crippen molar-refractivity contribution in [3.8, 4) is 0 Å². The molecule has 0 aliphatic heterocycles. The van der Waals surface area contributed by atoms with Crippen LogP contribution < -0.4 is 0 Å². The first-order valence-electron chi connectivity index (χ1n) is 7.24. The Labute approximate surface area is 118 Å². The maximum absolute atomic E-state index is 5.52. The fraction of sp³-hybridized carbons (Fsp3) is 0.714. The second kappa shape index (κ2) is 4.47. The van der Waals surface area contributed by atoms with Crippen LogP contribution in [0.15, 0.2) is 0 Å². The van der Waals surface area contributed by atoms with E-state index in [1.165, 1.54) is 19.3 Å². The zero-order valence-corrected chi connectivity index (χ0v) is 12.8. The molecule has 19 heavy (non-hydrogen) atoms. The molecular formula is C14H22N4S. The van der Waals surface area contributed by atoms with Crippen LogP contribution in [0.5, 0.6) is 0 Å². The summed E-state index contributed by atoms with van der Waals surface area (Å²) in [6.45, 7) is 5.50. The van der Waals surface area contributed by atoms with E-state index in [1.807, 2.05) is 11.7 Å². The highest BCUT2D eigenvalue weighted by atomic mass is 32.1. The number of rotatable bonds is 5. The first-order chi connectivity index (χ1) is 9.10. The molecule has 0 unspecified atom stereocenters. The molecule has 1 fully saturated rings. The first-order valence-corrected chi connectivity index (χ1v) is 7.65. The average Bonchev–Trinajstić information content (AvgIpc) is 3.00. The summed E-state index contributed by atoms with van der Waals surface area (Å²) in [7, 11) is 2.02. The van der Waals surface area contributed by atoms with Crippen molar-refractivity contribution < 1.29 is 0 Å². The molecule has 2 heterocycles. The van der Waals surface area contributed by atoms with E-state index in [0.717, 1.165) is 41.0 Å². The van der Waals surface area contributed by atoms with Gasteiger partial charge in [-0.15, -0.1) is 0 Å². The number of aromatic nitrogens is 4. The predicted octanol–water partition coefficient (Wildman–Crippen LogP) is 3.58. The van der Waals surface area contributed by atoms with E-state index in [9.17, 15) is 0 Å². The van der Waals surface area contributed by atoms with Crippen molar-refractivity contribution in [2.24, 2.45) is 12.5 Å². The molecule has 1 aliphatic carbocycles. The van der Waals surface area contributed by atoms with Gasteiger partial charge in [-0.3, -0.25) is 4.68 Å². The fourth-order valence-electron chi connectivity index (χ4n) is 2.97. The monoisotopic (exact) mass is 278 g/mol. The van der Waals surface area contributed by atoms with E-state index in [-0.39, 0.29) is 0 Å². The second-order valence-electron chi connectivity index (χ2n) is 5.89. The maximum Gasteiger partial charge on any atom is 0.179 e. The molecular weight excluding hydrogens is 256 g/mol. The van der Waals surface area contributed by atoms with E-state index in [2.05, 4.69) is 28.5 Å². The number of hydrogen-bond donors (Lipinski definition) is 1. The van der Waals surface area contributed by atoms with Gasteiger partial charge in [-0.2, -0.15) is 5.10 Å². The molecule has 1 saturated carbocycles. The quantitative estimate of drug-likeness (QED) is 0.849. The third-order valence-corrected chi connectivity index (χ3v) is 4.83. The summed E-state index contributed by atoms with van der Waals surface area (Å²) in [5.41, 5.74) is 3.93. The van der Waals surface area contributed by atoms with Crippen molar-refractivity contribution >= 4 is 23.4 Å². The lowest BCUT2D eigenvalue weighted by Crippen LogP contribution is -2.12. The van der Waals surface area contributed by atoms with Gasteiger partial charge in [-0.25, -0.2) is 0 Å². The molecule has 2 aromatic heterocycles. The minimum atomic E-state index is 0.489. The molecule has 1 N–H and O–H groups in total. The van der Waals surface area contributed by atoms with Crippen LogP contribution in [0.1, 0.15) is 45.2 Å². The van der Waals surface area contributed by atoms with Gasteiger partial charge in [-0.1, -0.05) is 20.3 Å². The molecule has 0 spiro atoms. The number of aryl methyl sites for hydroxylation is 2. The SMILES string of the molecule is CCCc1nn(C)c2c1[nH]c(=S)n2CC1(CC)CC1. The normalized spacial score (nSPS) is 17.2. The lowest BCUT2D eigenvalue weighted by Gasteiger charge is -2.13. The van der Waals surface area contributed by atoms with Crippen LogP contribution >= 0.6 is 12.2 Å². The van der Waals surface area contributed by atoms with Crippen LogP contribution in [0.2, 0.25) is 0 Å². The van der Waals surface area contributed by atoms with Gasteiger partial charge in [0.15, 0.2) is 10.4 Å². The first kappa shape index (κ1) is 12.9. The number of nitrogens with one attached hydrogen (secondary N) is 1. The Morgan fingerprint density at radius 3 is 2.68 bits per heavy atom. The van der Waals surface area contributed by atoms with Gasteiger partial charge in [0.05, 0.1) is 5.69 Å². The topological polar surface area (TPSA) is 38.5 Å². The van der Waals surface area contributed by atoms with E-state index in [1.54, 1.807) is 0 Å². The van der Waals surface area contributed by atoms with Crippen molar-refractivity contribution in [2.45, 2.75) is 52.5 Å². The number of H-pyrrole nitrogens is 1. The van der Waals surface area contributed by atoms with Crippen molar-refractivity contribution in [1.82, 2.24) is 19.3 Å². The van der Waals surface area contributed by atoms with E-state index in [0.29, 0.717) is 5.41 Å². The second-order valence-corrected chi connectivity index (χ2v) is 6.28. The number of fused-ring (bicyclic) bond motifs is 1. The molecule has 1 aliphatic rings. The lowest BCUT2D eigenvalue weighted by atomic mass is 10.0. The summed E-state index contributed by atoms with van der Waals surface area (Å²) in [5.74, 6) is 0. The van der Waals surface area contributed by atoms with Gasteiger partial charge >= 0.3 is 0 Å².